The van der Waals surface area contributed by atoms with Gasteiger partial charge in [-0.2, -0.15) is 0 Å². The van der Waals surface area contributed by atoms with Crippen LogP contribution in [0.4, 0.5) is 0 Å². The predicted molar refractivity (Wildman–Crippen MR) is 32.4 cm³/mol. The summed E-state index contributed by atoms with van der Waals surface area (Å²) in [4.78, 5) is 0. The van der Waals surface area contributed by atoms with Crippen LogP contribution in [0.1, 0.15) is 6.42 Å². The number of ether oxygens (including phenoxy) is 2. The van der Waals surface area contributed by atoms with Gasteiger partial charge in [0.2, 0.25) is 6.29 Å². The molecule has 1 heterocycles. The lowest BCUT2D eigenvalue weighted by molar-refractivity contribution is -0.0112. The Bertz CT molecular complexity index is 125. The van der Waals surface area contributed by atoms with E-state index in [4.69, 9.17) is 22.8 Å². The first-order chi connectivity index (χ1) is 4.36. The van der Waals surface area contributed by atoms with E-state index in [1.807, 2.05) is 0 Å². The van der Waals surface area contributed by atoms with E-state index in [-0.39, 0.29) is 6.10 Å². The summed E-state index contributed by atoms with van der Waals surface area (Å²) in [5.74, 6) is 2.33. The Kier molecular flexibility index (Phi) is 2.10. The molecule has 2 nitrogen and oxygen atoms in total. The highest BCUT2D eigenvalue weighted by molar-refractivity contribution is 4.92. The zero-order valence-corrected chi connectivity index (χ0v) is 5.04. The predicted octanol–water partition coefficient (Wildman–Crippen LogP) is 0.462. The Labute approximate surface area is 55.1 Å². The molecule has 48 valence electrons. The summed E-state index contributed by atoms with van der Waals surface area (Å²) >= 11 is 0. The topological polar surface area (TPSA) is 18.5 Å². The highest BCUT2D eigenvalue weighted by atomic mass is 16.7. The van der Waals surface area contributed by atoms with Crippen LogP contribution in [-0.4, -0.2) is 19.0 Å². The van der Waals surface area contributed by atoms with Gasteiger partial charge in [0, 0.05) is 0 Å². The maximum absolute atomic E-state index is 5.28. The van der Waals surface area contributed by atoms with Crippen molar-refractivity contribution in [1.29, 1.82) is 0 Å². The van der Waals surface area contributed by atoms with Crippen molar-refractivity contribution in [2.45, 2.75) is 18.8 Å². The standard InChI is InChI=1S/C7H8O2/c1-3-6-5-8-7(4-2)9-6/h1-2,6-7H,3,5H2. The molecule has 0 aromatic heterocycles. The Hall–Kier alpha value is -0.520. The maximum atomic E-state index is 5.28. The van der Waals surface area contributed by atoms with Gasteiger partial charge in [-0.25, -0.2) is 0 Å². The van der Waals surface area contributed by atoms with Gasteiger partial charge in [0.25, 0.3) is 0 Å². The van der Waals surface area contributed by atoms with Gasteiger partial charge in [-0.15, -0.1) is 6.42 Å². The molecule has 1 saturated heterocycles. The molecule has 1 aliphatic rings. The molecule has 0 spiro atoms. The van der Waals surface area contributed by atoms with Crippen LogP contribution in [0.5, 0.6) is 0 Å². The third kappa shape index (κ3) is 1.44. The van der Waals surface area contributed by atoms with Gasteiger partial charge in [0.15, 0.2) is 0 Å². The summed E-state index contributed by atoms with van der Waals surface area (Å²) in [7, 11) is 0. The maximum Gasteiger partial charge on any atom is 0.222 e. The summed E-state index contributed by atoms with van der Waals surface area (Å²) in [5, 5.41) is 0. The van der Waals surface area contributed by atoms with Crippen LogP contribution in [0.15, 0.2) is 0 Å². The van der Waals surface area contributed by atoms with Crippen molar-refractivity contribution >= 4 is 0 Å². The molecular formula is C7H8O2. The first-order valence-electron chi connectivity index (χ1n) is 2.80. The molecule has 0 N–H and O–H groups in total. The second kappa shape index (κ2) is 2.86. The summed E-state index contributed by atoms with van der Waals surface area (Å²) in [6.07, 6.45) is 5.00. The SMILES string of the molecule is [CH]CC1COC(C#C)O1. The van der Waals surface area contributed by atoms with E-state index in [0.29, 0.717) is 13.0 Å². The first-order valence-corrected chi connectivity index (χ1v) is 2.80. The highest BCUT2D eigenvalue weighted by Gasteiger charge is 2.21. The molecule has 2 radical (unpaired) electrons. The fourth-order valence-electron chi connectivity index (χ4n) is 0.659. The monoisotopic (exact) mass is 124 g/mol. The summed E-state index contributed by atoms with van der Waals surface area (Å²) in [5.41, 5.74) is 0. The van der Waals surface area contributed by atoms with Gasteiger partial charge in [-0.1, -0.05) is 0 Å². The van der Waals surface area contributed by atoms with Crippen molar-refractivity contribution in [2.24, 2.45) is 0 Å². The molecule has 0 aliphatic carbocycles. The Morgan fingerprint density at radius 3 is 2.78 bits per heavy atom. The van der Waals surface area contributed by atoms with Crippen molar-refractivity contribution in [3.63, 3.8) is 0 Å². The quantitative estimate of drug-likeness (QED) is 0.473. The van der Waals surface area contributed by atoms with Crippen LogP contribution in [0.3, 0.4) is 0 Å². The first kappa shape index (κ1) is 6.60. The zero-order chi connectivity index (χ0) is 6.69. The van der Waals surface area contributed by atoms with Gasteiger partial charge >= 0.3 is 0 Å². The zero-order valence-electron chi connectivity index (χ0n) is 5.04. The molecule has 0 bridgehead atoms. The van der Waals surface area contributed by atoms with E-state index in [9.17, 15) is 0 Å². The van der Waals surface area contributed by atoms with Crippen molar-refractivity contribution < 1.29 is 9.47 Å². The smallest absolute Gasteiger partial charge is 0.222 e. The third-order valence-corrected chi connectivity index (χ3v) is 1.15. The second-order valence-electron chi connectivity index (χ2n) is 1.83. The van der Waals surface area contributed by atoms with Crippen LogP contribution in [0.2, 0.25) is 0 Å². The molecule has 0 aromatic rings. The van der Waals surface area contributed by atoms with E-state index in [1.165, 1.54) is 0 Å². The van der Waals surface area contributed by atoms with Crippen LogP contribution in [-0.2, 0) is 9.47 Å². The molecule has 0 amide bonds. The molecule has 2 heteroatoms. The lowest BCUT2D eigenvalue weighted by Gasteiger charge is -2.01. The van der Waals surface area contributed by atoms with E-state index < -0.39 is 6.29 Å². The van der Waals surface area contributed by atoms with Gasteiger partial charge < -0.3 is 9.47 Å². The van der Waals surface area contributed by atoms with Crippen molar-refractivity contribution in [1.82, 2.24) is 0 Å². The Morgan fingerprint density at radius 1 is 1.67 bits per heavy atom. The number of rotatable bonds is 1. The van der Waals surface area contributed by atoms with Crippen molar-refractivity contribution in [3.8, 4) is 12.3 Å². The summed E-state index contributed by atoms with van der Waals surface area (Å²) in [6.45, 7) is 5.80. The minimum Gasteiger partial charge on any atom is -0.339 e. The van der Waals surface area contributed by atoms with Crippen molar-refractivity contribution in [3.05, 3.63) is 6.92 Å². The normalized spacial score (nSPS) is 34.2. The van der Waals surface area contributed by atoms with Crippen molar-refractivity contribution in [2.75, 3.05) is 6.61 Å². The summed E-state index contributed by atoms with van der Waals surface area (Å²) in [6, 6.07) is 0. The van der Waals surface area contributed by atoms with E-state index >= 15 is 0 Å². The fraction of sp³-hybridized carbons (Fsp3) is 0.571. The van der Waals surface area contributed by atoms with E-state index in [1.54, 1.807) is 0 Å². The molecule has 1 aliphatic heterocycles. The molecule has 1 fully saturated rings. The molecule has 1 rings (SSSR count). The van der Waals surface area contributed by atoms with Gasteiger partial charge in [-0.3, -0.25) is 0 Å². The van der Waals surface area contributed by atoms with Crippen LogP contribution >= 0.6 is 0 Å². The highest BCUT2D eigenvalue weighted by Crippen LogP contribution is 2.12. The Balaban J connectivity index is 2.31. The average molecular weight is 124 g/mol. The average Bonchev–Trinajstić information content (AvgIpc) is 2.34. The minimum absolute atomic E-state index is 0.00829. The lowest BCUT2D eigenvalue weighted by atomic mass is 10.3. The number of hydrogen-bond acceptors (Lipinski definition) is 2. The van der Waals surface area contributed by atoms with Crippen LogP contribution in [0.25, 0.3) is 0 Å². The molecular weight excluding hydrogens is 116 g/mol. The molecule has 2 atom stereocenters. The Morgan fingerprint density at radius 2 is 2.44 bits per heavy atom. The van der Waals surface area contributed by atoms with Gasteiger partial charge in [0.1, 0.15) is 0 Å². The molecule has 2 unspecified atom stereocenters. The van der Waals surface area contributed by atoms with Crippen LogP contribution in [0, 0.1) is 19.3 Å². The van der Waals surface area contributed by atoms with Gasteiger partial charge in [0.05, 0.1) is 12.7 Å². The molecule has 0 saturated carbocycles. The number of hydrogen-bond donors (Lipinski definition) is 0. The lowest BCUT2D eigenvalue weighted by Crippen LogP contribution is -2.08. The molecule has 0 aromatic carbocycles. The van der Waals surface area contributed by atoms with E-state index in [0.717, 1.165) is 0 Å². The largest absolute Gasteiger partial charge is 0.339 e. The summed E-state index contributed by atoms with van der Waals surface area (Å²) < 4.78 is 10.0. The second-order valence-corrected chi connectivity index (χ2v) is 1.83. The van der Waals surface area contributed by atoms with Gasteiger partial charge in [-0.05, 0) is 19.3 Å². The third-order valence-electron chi connectivity index (χ3n) is 1.15. The van der Waals surface area contributed by atoms with E-state index in [2.05, 4.69) is 5.92 Å². The van der Waals surface area contributed by atoms with Crippen LogP contribution < -0.4 is 0 Å². The fourth-order valence-corrected chi connectivity index (χ4v) is 0.659. The molecule has 9 heavy (non-hydrogen) atoms. The number of terminal acetylenes is 1. The minimum atomic E-state index is -0.474.